The third-order valence-electron chi connectivity index (χ3n) is 5.26. The number of anilines is 1. The van der Waals surface area contributed by atoms with Gasteiger partial charge in [-0.05, 0) is 59.1 Å². The van der Waals surface area contributed by atoms with Gasteiger partial charge < -0.3 is 14.8 Å². The number of amides is 2. The van der Waals surface area contributed by atoms with Gasteiger partial charge >= 0.3 is 0 Å². The van der Waals surface area contributed by atoms with Crippen LogP contribution in [0.15, 0.2) is 46.0 Å². The van der Waals surface area contributed by atoms with Crippen molar-refractivity contribution < 1.29 is 19.1 Å². The number of carbonyl (C=O) groups is 2. The maximum Gasteiger partial charge on any atom is 0.271 e. The molecule has 31 heavy (non-hydrogen) atoms. The fourth-order valence-electron chi connectivity index (χ4n) is 3.52. The number of rotatable bonds is 7. The Morgan fingerprint density at radius 3 is 2.35 bits per heavy atom. The number of hydrogen-bond donors (Lipinski definition) is 2. The predicted molar refractivity (Wildman–Crippen MR) is 124 cm³/mol. The number of methoxy groups -OCH3 is 2. The van der Waals surface area contributed by atoms with Crippen molar-refractivity contribution in [1.82, 2.24) is 5.43 Å². The van der Waals surface area contributed by atoms with Crippen LogP contribution in [0.25, 0.3) is 0 Å². The summed E-state index contributed by atoms with van der Waals surface area (Å²) in [7, 11) is 3.12. The average Bonchev–Trinajstić information content (AvgIpc) is 2.80. The van der Waals surface area contributed by atoms with Gasteiger partial charge in [0, 0.05) is 28.8 Å². The van der Waals surface area contributed by atoms with E-state index in [1.54, 1.807) is 50.6 Å². The zero-order chi connectivity index (χ0) is 22.2. The molecule has 3 rings (SSSR count). The Hall–Kier alpha value is -2.87. The third-order valence-corrected chi connectivity index (χ3v) is 5.88. The quantitative estimate of drug-likeness (QED) is 0.435. The summed E-state index contributed by atoms with van der Waals surface area (Å²) >= 11 is 3.42. The van der Waals surface area contributed by atoms with Gasteiger partial charge in [-0.15, -0.1) is 0 Å². The van der Waals surface area contributed by atoms with Crippen molar-refractivity contribution in [3.8, 4) is 11.5 Å². The number of halogens is 1. The van der Waals surface area contributed by atoms with Crippen molar-refractivity contribution in [3.05, 3.63) is 52.0 Å². The van der Waals surface area contributed by atoms with Gasteiger partial charge in [-0.2, -0.15) is 5.10 Å². The molecule has 0 aromatic heterocycles. The Morgan fingerprint density at radius 1 is 1.03 bits per heavy atom. The number of carbonyl (C=O) groups excluding carboxylic acids is 2. The molecule has 164 valence electrons. The summed E-state index contributed by atoms with van der Waals surface area (Å²) in [5, 5.41) is 6.96. The molecule has 2 aromatic rings. The van der Waals surface area contributed by atoms with Gasteiger partial charge in [-0.3, -0.25) is 9.59 Å². The molecule has 0 saturated heterocycles. The standard InChI is InChI=1S/C23H26BrN3O4/c1-30-20-13-21(31-2)19(24)12-17(20)14-25-27-23(29)16-8-10-18(11-9-16)26-22(28)15-6-4-3-5-7-15/h8-15H,3-7H2,1-2H3,(H,26,28)(H,27,29). The fourth-order valence-corrected chi connectivity index (χ4v) is 4.05. The first-order valence-electron chi connectivity index (χ1n) is 10.2. The summed E-state index contributed by atoms with van der Waals surface area (Å²) < 4.78 is 11.3. The van der Waals surface area contributed by atoms with Gasteiger partial charge in [0.1, 0.15) is 11.5 Å². The second-order valence-electron chi connectivity index (χ2n) is 7.33. The van der Waals surface area contributed by atoms with Crippen LogP contribution in [0, 0.1) is 5.92 Å². The third kappa shape index (κ3) is 6.07. The molecule has 1 saturated carbocycles. The van der Waals surface area contributed by atoms with Gasteiger partial charge in [-0.1, -0.05) is 19.3 Å². The number of ether oxygens (including phenoxy) is 2. The largest absolute Gasteiger partial charge is 0.496 e. The van der Waals surface area contributed by atoms with Crippen molar-refractivity contribution in [3.63, 3.8) is 0 Å². The molecular formula is C23H26BrN3O4. The lowest BCUT2D eigenvalue weighted by Crippen LogP contribution is -2.24. The van der Waals surface area contributed by atoms with Crippen molar-refractivity contribution >= 4 is 39.6 Å². The SMILES string of the molecule is COc1cc(OC)c(C=NNC(=O)c2ccc(NC(=O)C3CCCCC3)cc2)cc1Br. The molecule has 2 N–H and O–H groups in total. The Balaban J connectivity index is 1.58. The second-order valence-corrected chi connectivity index (χ2v) is 8.18. The second kappa shape index (κ2) is 10.9. The summed E-state index contributed by atoms with van der Waals surface area (Å²) in [5.74, 6) is 0.986. The monoisotopic (exact) mass is 487 g/mol. The number of hydrogen-bond acceptors (Lipinski definition) is 5. The molecule has 8 heteroatoms. The van der Waals surface area contributed by atoms with E-state index >= 15 is 0 Å². The molecule has 7 nitrogen and oxygen atoms in total. The van der Waals surface area contributed by atoms with Gasteiger partial charge in [0.25, 0.3) is 5.91 Å². The maximum atomic E-state index is 12.4. The van der Waals surface area contributed by atoms with Crippen molar-refractivity contribution in [2.45, 2.75) is 32.1 Å². The van der Waals surface area contributed by atoms with Gasteiger partial charge in [0.2, 0.25) is 5.91 Å². The highest BCUT2D eigenvalue weighted by molar-refractivity contribution is 9.10. The molecule has 0 heterocycles. The van der Waals surface area contributed by atoms with E-state index < -0.39 is 0 Å². The molecule has 1 aliphatic rings. The van der Waals surface area contributed by atoms with Crippen LogP contribution in [-0.4, -0.2) is 32.2 Å². The van der Waals surface area contributed by atoms with E-state index in [0.717, 1.165) is 30.2 Å². The first-order valence-corrected chi connectivity index (χ1v) is 11.0. The van der Waals surface area contributed by atoms with E-state index in [4.69, 9.17) is 9.47 Å². The van der Waals surface area contributed by atoms with Crippen molar-refractivity contribution in [2.75, 3.05) is 19.5 Å². The predicted octanol–water partition coefficient (Wildman–Crippen LogP) is 4.75. The number of nitrogens with zero attached hydrogens (tertiary/aromatic N) is 1. The van der Waals surface area contributed by atoms with Crippen LogP contribution in [-0.2, 0) is 4.79 Å². The van der Waals surface area contributed by atoms with E-state index in [2.05, 4.69) is 31.8 Å². The van der Waals surface area contributed by atoms with Gasteiger partial charge in [0.15, 0.2) is 0 Å². The van der Waals surface area contributed by atoms with Crippen LogP contribution >= 0.6 is 15.9 Å². The summed E-state index contributed by atoms with van der Waals surface area (Å²) in [5.41, 5.74) is 4.30. The summed E-state index contributed by atoms with van der Waals surface area (Å²) in [6.45, 7) is 0. The summed E-state index contributed by atoms with van der Waals surface area (Å²) in [6.07, 6.45) is 6.81. The molecule has 0 atom stereocenters. The van der Waals surface area contributed by atoms with Gasteiger partial charge in [0.05, 0.1) is 24.9 Å². The van der Waals surface area contributed by atoms with Crippen LogP contribution < -0.4 is 20.2 Å². The zero-order valence-electron chi connectivity index (χ0n) is 17.6. The van der Waals surface area contributed by atoms with E-state index in [-0.39, 0.29) is 17.7 Å². The van der Waals surface area contributed by atoms with Crippen LogP contribution in [0.1, 0.15) is 48.0 Å². The van der Waals surface area contributed by atoms with E-state index in [9.17, 15) is 9.59 Å². The normalized spacial score (nSPS) is 14.3. The van der Waals surface area contributed by atoms with Crippen LogP contribution in [0.5, 0.6) is 11.5 Å². The summed E-state index contributed by atoms with van der Waals surface area (Å²) in [6, 6.07) is 10.3. The molecule has 0 unspecified atom stereocenters. The first kappa shape index (κ1) is 22.8. The molecule has 2 amide bonds. The molecule has 0 bridgehead atoms. The average molecular weight is 488 g/mol. The minimum atomic E-state index is -0.354. The molecule has 1 fully saturated rings. The molecular weight excluding hydrogens is 462 g/mol. The van der Waals surface area contributed by atoms with Crippen LogP contribution in [0.3, 0.4) is 0 Å². The number of hydrazone groups is 1. The molecule has 0 radical (unpaired) electrons. The number of nitrogens with one attached hydrogen (secondary N) is 2. The molecule has 0 spiro atoms. The highest BCUT2D eigenvalue weighted by Crippen LogP contribution is 2.32. The Morgan fingerprint density at radius 2 is 1.71 bits per heavy atom. The number of benzene rings is 2. The lowest BCUT2D eigenvalue weighted by atomic mass is 9.88. The van der Waals surface area contributed by atoms with E-state index in [1.165, 1.54) is 12.6 Å². The topological polar surface area (TPSA) is 89.0 Å². The van der Waals surface area contributed by atoms with Crippen LogP contribution in [0.4, 0.5) is 5.69 Å². The van der Waals surface area contributed by atoms with Crippen LogP contribution in [0.2, 0.25) is 0 Å². The molecule has 2 aromatic carbocycles. The molecule has 0 aliphatic heterocycles. The Kier molecular flexibility index (Phi) is 8.06. The lowest BCUT2D eigenvalue weighted by molar-refractivity contribution is -0.120. The maximum absolute atomic E-state index is 12.4. The fraction of sp³-hybridized carbons (Fsp3) is 0.348. The summed E-state index contributed by atoms with van der Waals surface area (Å²) in [4.78, 5) is 24.7. The zero-order valence-corrected chi connectivity index (χ0v) is 19.2. The van der Waals surface area contributed by atoms with E-state index in [1.807, 2.05) is 0 Å². The minimum Gasteiger partial charge on any atom is -0.496 e. The highest BCUT2D eigenvalue weighted by atomic mass is 79.9. The smallest absolute Gasteiger partial charge is 0.271 e. The molecule has 1 aliphatic carbocycles. The Labute approximate surface area is 190 Å². The minimum absolute atomic E-state index is 0.0566. The van der Waals surface area contributed by atoms with Crippen molar-refractivity contribution in [2.24, 2.45) is 11.0 Å². The van der Waals surface area contributed by atoms with E-state index in [0.29, 0.717) is 28.3 Å². The lowest BCUT2D eigenvalue weighted by Gasteiger charge is -2.20. The van der Waals surface area contributed by atoms with Crippen molar-refractivity contribution in [1.29, 1.82) is 0 Å². The van der Waals surface area contributed by atoms with Gasteiger partial charge in [-0.25, -0.2) is 5.43 Å². The first-order chi connectivity index (χ1) is 15.0. The Bertz CT molecular complexity index is 954. The highest BCUT2D eigenvalue weighted by Gasteiger charge is 2.21.